The average molecular weight is 535 g/mol. The Balaban J connectivity index is 0.000000709. The van der Waals surface area contributed by atoms with Crippen LogP contribution in [0.1, 0.15) is 17.5 Å². The summed E-state index contributed by atoms with van der Waals surface area (Å²) in [4.78, 5) is 12.5. The highest BCUT2D eigenvalue weighted by Crippen LogP contribution is 2.41. The van der Waals surface area contributed by atoms with Gasteiger partial charge in [0.2, 0.25) is 5.79 Å². The van der Waals surface area contributed by atoms with Crippen molar-refractivity contribution < 1.29 is 19.8 Å². The molecule has 33 heavy (non-hydrogen) atoms. The van der Waals surface area contributed by atoms with Crippen LogP contribution in [-0.4, -0.2) is 32.6 Å². The first-order valence-corrected chi connectivity index (χ1v) is 11.2. The normalized spacial score (nSPS) is 19.7. The Kier molecular flexibility index (Phi) is 8.81. The van der Waals surface area contributed by atoms with Gasteiger partial charge in [0.1, 0.15) is 0 Å². The maximum absolute atomic E-state index is 8.36. The van der Waals surface area contributed by atoms with E-state index in [1.165, 1.54) is 0 Å². The molecule has 0 amide bonds. The number of hydrogen-bond donors (Lipinski definition) is 1. The van der Waals surface area contributed by atoms with Gasteiger partial charge in [-0.1, -0.05) is 58.5 Å². The fourth-order valence-corrected chi connectivity index (χ4v) is 4.53. The summed E-state index contributed by atoms with van der Waals surface area (Å²) in [6.07, 6.45) is 6.68. The molecule has 0 aliphatic carbocycles. The Labute approximate surface area is 209 Å². The first-order valence-electron chi connectivity index (χ1n) is 9.69. The third kappa shape index (κ3) is 6.96. The number of ether oxygens (including phenoxy) is 2. The van der Waals surface area contributed by atoms with E-state index in [9.17, 15) is 0 Å². The Morgan fingerprint density at radius 1 is 1.15 bits per heavy atom. The molecule has 2 heterocycles. The van der Waals surface area contributed by atoms with E-state index in [4.69, 9.17) is 71.2 Å². The summed E-state index contributed by atoms with van der Waals surface area (Å²) in [6, 6.07) is 10.9. The molecule has 0 radical (unpaired) electrons. The zero-order valence-corrected chi connectivity index (χ0v) is 20.1. The van der Waals surface area contributed by atoms with E-state index in [1.807, 2.05) is 29.0 Å². The number of rotatable bonds is 6. The van der Waals surface area contributed by atoms with E-state index in [0.717, 1.165) is 24.0 Å². The predicted octanol–water partition coefficient (Wildman–Crippen LogP) is 6.05. The van der Waals surface area contributed by atoms with Crippen LogP contribution in [0.25, 0.3) is 0 Å². The van der Waals surface area contributed by atoms with Crippen LogP contribution in [0.4, 0.5) is 0 Å². The summed E-state index contributed by atoms with van der Waals surface area (Å²) in [6.45, 7) is 0.866. The molecule has 4 rings (SSSR count). The second kappa shape index (κ2) is 11.4. The number of nitrogens with zero attached hydrogens (tertiary/aromatic N) is 3. The van der Waals surface area contributed by atoms with Gasteiger partial charge in [0.25, 0.3) is 5.09 Å². The molecule has 2 aromatic carbocycles. The third-order valence-electron chi connectivity index (χ3n) is 4.90. The fourth-order valence-electron chi connectivity index (χ4n) is 3.48. The standard InChI is InChI=1S/C21H18Cl4N2O2.HNO3/c22-15-3-1-14(19(24)9-15)2-5-17-11-28-21(29-17,12-27-8-7-26-13-27)18-6-4-16(23)10-20(18)25;2-1(3)4/h1,3-4,6-10,13,17H,2,5,11-12H2;(H,2,3,4). The minimum atomic E-state index is -1.50. The lowest BCUT2D eigenvalue weighted by Crippen LogP contribution is -2.33. The van der Waals surface area contributed by atoms with Crippen molar-refractivity contribution in [3.63, 3.8) is 0 Å². The first kappa shape index (κ1) is 25.6. The van der Waals surface area contributed by atoms with Crippen LogP contribution in [0.5, 0.6) is 0 Å². The SMILES string of the molecule is Clc1ccc(CCC2COC(Cn3ccnc3)(c3ccc(Cl)cc3Cl)O2)c(Cl)c1.O=[N+]([O-])O. The van der Waals surface area contributed by atoms with Crippen LogP contribution in [0, 0.1) is 10.1 Å². The average Bonchev–Trinajstić information content (AvgIpc) is 3.38. The first-order chi connectivity index (χ1) is 15.7. The van der Waals surface area contributed by atoms with E-state index >= 15 is 0 Å². The highest BCUT2D eigenvalue weighted by atomic mass is 35.5. The van der Waals surface area contributed by atoms with Crippen LogP contribution in [0.2, 0.25) is 20.1 Å². The van der Waals surface area contributed by atoms with Gasteiger partial charge in [-0.3, -0.25) is 0 Å². The molecule has 1 aromatic heterocycles. The smallest absolute Gasteiger partial charge is 0.291 e. The molecule has 1 fully saturated rings. The Bertz CT molecular complexity index is 1100. The van der Waals surface area contributed by atoms with E-state index in [-0.39, 0.29) is 6.10 Å². The molecular formula is C21H19Cl4N3O5. The maximum atomic E-state index is 8.36. The van der Waals surface area contributed by atoms with Gasteiger partial charge in [0, 0.05) is 33.0 Å². The number of benzene rings is 2. The molecule has 1 saturated heterocycles. The van der Waals surface area contributed by atoms with Crippen molar-refractivity contribution >= 4 is 46.4 Å². The van der Waals surface area contributed by atoms with Crippen LogP contribution < -0.4 is 0 Å². The molecule has 0 saturated carbocycles. The van der Waals surface area contributed by atoms with Gasteiger partial charge < -0.3 is 19.2 Å². The molecular weight excluding hydrogens is 516 g/mol. The van der Waals surface area contributed by atoms with Gasteiger partial charge in [-0.15, -0.1) is 10.1 Å². The van der Waals surface area contributed by atoms with Crippen molar-refractivity contribution in [3.05, 3.63) is 96.5 Å². The number of imidazole rings is 1. The molecule has 2 atom stereocenters. The van der Waals surface area contributed by atoms with Gasteiger partial charge in [-0.2, -0.15) is 0 Å². The summed E-state index contributed by atoms with van der Waals surface area (Å²) in [5, 5.41) is 16.0. The summed E-state index contributed by atoms with van der Waals surface area (Å²) in [7, 11) is 0. The van der Waals surface area contributed by atoms with E-state index < -0.39 is 10.9 Å². The molecule has 12 heteroatoms. The van der Waals surface area contributed by atoms with Crippen molar-refractivity contribution in [3.8, 4) is 0 Å². The molecule has 1 aliphatic heterocycles. The Hall–Kier alpha value is -2.07. The quantitative estimate of drug-likeness (QED) is 0.305. The van der Waals surface area contributed by atoms with Crippen molar-refractivity contribution in [2.24, 2.45) is 0 Å². The monoisotopic (exact) mass is 533 g/mol. The number of halogens is 4. The van der Waals surface area contributed by atoms with Crippen LogP contribution >= 0.6 is 46.4 Å². The van der Waals surface area contributed by atoms with Crippen molar-refractivity contribution in [1.82, 2.24) is 9.55 Å². The molecule has 2 unspecified atom stereocenters. The minimum Gasteiger partial charge on any atom is -0.342 e. The predicted molar refractivity (Wildman–Crippen MR) is 125 cm³/mol. The van der Waals surface area contributed by atoms with E-state index in [2.05, 4.69) is 4.98 Å². The summed E-state index contributed by atoms with van der Waals surface area (Å²) >= 11 is 24.9. The fraction of sp³-hybridized carbons (Fsp3) is 0.286. The van der Waals surface area contributed by atoms with E-state index in [0.29, 0.717) is 33.2 Å². The summed E-state index contributed by atoms with van der Waals surface area (Å²) in [5.41, 5.74) is 1.76. The van der Waals surface area contributed by atoms with Crippen molar-refractivity contribution in [2.45, 2.75) is 31.3 Å². The lowest BCUT2D eigenvalue weighted by atomic mass is 10.0. The Morgan fingerprint density at radius 3 is 2.42 bits per heavy atom. The molecule has 0 spiro atoms. The lowest BCUT2D eigenvalue weighted by Gasteiger charge is -2.30. The van der Waals surface area contributed by atoms with Crippen LogP contribution in [0.3, 0.4) is 0 Å². The highest BCUT2D eigenvalue weighted by Gasteiger charge is 2.44. The van der Waals surface area contributed by atoms with Crippen LogP contribution in [-0.2, 0) is 28.2 Å². The molecule has 3 aromatic rings. The molecule has 1 aliphatic rings. The Morgan fingerprint density at radius 2 is 1.82 bits per heavy atom. The third-order valence-corrected chi connectivity index (χ3v) is 6.04. The minimum absolute atomic E-state index is 0.114. The van der Waals surface area contributed by atoms with E-state index in [1.54, 1.807) is 30.7 Å². The zero-order valence-electron chi connectivity index (χ0n) is 17.0. The van der Waals surface area contributed by atoms with Gasteiger partial charge in [0.15, 0.2) is 0 Å². The lowest BCUT2D eigenvalue weighted by molar-refractivity contribution is -0.742. The second-order valence-electron chi connectivity index (χ2n) is 7.18. The summed E-state index contributed by atoms with van der Waals surface area (Å²) < 4.78 is 14.6. The number of hydrogen-bond acceptors (Lipinski definition) is 5. The summed E-state index contributed by atoms with van der Waals surface area (Å²) in [5.74, 6) is -1.02. The molecule has 176 valence electrons. The molecule has 0 bridgehead atoms. The van der Waals surface area contributed by atoms with Gasteiger partial charge in [0.05, 0.1) is 30.6 Å². The van der Waals surface area contributed by atoms with Crippen LogP contribution in [0.15, 0.2) is 55.1 Å². The van der Waals surface area contributed by atoms with Gasteiger partial charge in [-0.05, 0) is 42.7 Å². The number of aryl methyl sites for hydroxylation is 1. The number of aromatic nitrogens is 2. The zero-order chi connectivity index (χ0) is 24.0. The van der Waals surface area contributed by atoms with Crippen molar-refractivity contribution in [2.75, 3.05) is 6.61 Å². The highest BCUT2D eigenvalue weighted by molar-refractivity contribution is 6.35. The molecule has 1 N–H and O–H groups in total. The van der Waals surface area contributed by atoms with Gasteiger partial charge in [-0.25, -0.2) is 4.98 Å². The van der Waals surface area contributed by atoms with Gasteiger partial charge >= 0.3 is 0 Å². The maximum Gasteiger partial charge on any atom is 0.291 e. The molecule has 8 nitrogen and oxygen atoms in total. The topological polar surface area (TPSA) is 99.7 Å². The second-order valence-corrected chi connectivity index (χ2v) is 8.86. The largest absolute Gasteiger partial charge is 0.342 e. The van der Waals surface area contributed by atoms with Crippen molar-refractivity contribution in [1.29, 1.82) is 0 Å².